The van der Waals surface area contributed by atoms with E-state index in [-0.39, 0.29) is 0 Å². The van der Waals surface area contributed by atoms with Gasteiger partial charge in [-0.3, -0.25) is 4.21 Å². The van der Waals surface area contributed by atoms with Crippen LogP contribution in [-0.4, -0.2) is 46.5 Å². The predicted molar refractivity (Wildman–Crippen MR) is 107 cm³/mol. The van der Waals surface area contributed by atoms with Crippen LogP contribution in [0.25, 0.3) is 0 Å². The minimum Gasteiger partial charge on any atom is -0.306 e. The Morgan fingerprint density at radius 2 is 2.04 bits per heavy atom. The average molecular weight is 366 g/mol. The number of hydrogen-bond acceptors (Lipinski definition) is 3. The van der Waals surface area contributed by atoms with Crippen molar-refractivity contribution in [3.8, 4) is 0 Å². The SMILES string of the molecule is CCCC(CC1CS(=O)c2ccc(C3CCSCC3)cc21)N(C)C. The first-order chi connectivity index (χ1) is 11.6. The molecule has 0 amide bonds. The van der Waals surface area contributed by atoms with Gasteiger partial charge in [0.15, 0.2) is 0 Å². The third kappa shape index (κ3) is 4.08. The van der Waals surface area contributed by atoms with Crippen LogP contribution in [0.5, 0.6) is 0 Å². The van der Waals surface area contributed by atoms with Crippen molar-refractivity contribution in [1.82, 2.24) is 4.90 Å². The molecule has 4 heteroatoms. The first-order valence-electron chi connectivity index (χ1n) is 9.36. The minimum absolute atomic E-state index is 0.470. The Bertz CT molecular complexity index is 581. The second-order valence-corrected chi connectivity index (χ2v) is 10.2. The number of benzene rings is 1. The molecular weight excluding hydrogens is 334 g/mol. The third-order valence-electron chi connectivity index (χ3n) is 5.67. The molecule has 3 rings (SSSR count). The minimum atomic E-state index is -0.797. The van der Waals surface area contributed by atoms with Gasteiger partial charge in [0.1, 0.15) is 0 Å². The lowest BCUT2D eigenvalue weighted by Crippen LogP contribution is -2.29. The molecule has 0 radical (unpaired) electrons. The van der Waals surface area contributed by atoms with Gasteiger partial charge in [-0.2, -0.15) is 11.8 Å². The van der Waals surface area contributed by atoms with Crippen molar-refractivity contribution in [2.45, 2.75) is 61.8 Å². The molecule has 1 saturated heterocycles. The number of rotatable bonds is 6. The molecule has 2 nitrogen and oxygen atoms in total. The smallest absolute Gasteiger partial charge is 0.0538 e. The molecule has 2 heterocycles. The van der Waals surface area contributed by atoms with Gasteiger partial charge in [0, 0.05) is 16.7 Å². The van der Waals surface area contributed by atoms with E-state index in [1.165, 1.54) is 48.3 Å². The van der Waals surface area contributed by atoms with Crippen LogP contribution in [0.15, 0.2) is 23.1 Å². The summed E-state index contributed by atoms with van der Waals surface area (Å²) >= 11 is 2.08. The van der Waals surface area contributed by atoms with Gasteiger partial charge < -0.3 is 4.90 Å². The summed E-state index contributed by atoms with van der Waals surface area (Å²) in [6.07, 6.45) is 6.18. The second-order valence-electron chi connectivity index (χ2n) is 7.53. The lowest BCUT2D eigenvalue weighted by atomic mass is 9.87. The Morgan fingerprint density at radius 3 is 2.71 bits per heavy atom. The van der Waals surface area contributed by atoms with Crippen LogP contribution in [0.4, 0.5) is 0 Å². The van der Waals surface area contributed by atoms with Gasteiger partial charge in [0.05, 0.1) is 10.8 Å². The fourth-order valence-electron chi connectivity index (χ4n) is 4.18. The molecule has 0 N–H and O–H groups in total. The van der Waals surface area contributed by atoms with Crippen molar-refractivity contribution in [2.24, 2.45) is 0 Å². The Labute approximate surface area is 154 Å². The number of nitrogens with zero attached hydrogens (tertiary/aromatic N) is 1. The molecule has 1 fully saturated rings. The van der Waals surface area contributed by atoms with Crippen LogP contribution in [-0.2, 0) is 10.8 Å². The molecule has 0 saturated carbocycles. The molecule has 0 aliphatic carbocycles. The summed E-state index contributed by atoms with van der Waals surface area (Å²) in [5.41, 5.74) is 2.89. The maximum Gasteiger partial charge on any atom is 0.0538 e. The largest absolute Gasteiger partial charge is 0.306 e. The highest BCUT2D eigenvalue weighted by Crippen LogP contribution is 2.40. The summed E-state index contributed by atoms with van der Waals surface area (Å²) in [7, 11) is 3.57. The lowest BCUT2D eigenvalue weighted by molar-refractivity contribution is 0.252. The normalized spacial score (nSPS) is 25.8. The van der Waals surface area contributed by atoms with Crippen LogP contribution < -0.4 is 0 Å². The van der Waals surface area contributed by atoms with Crippen molar-refractivity contribution in [2.75, 3.05) is 31.4 Å². The fraction of sp³-hybridized carbons (Fsp3) is 0.700. The fourth-order valence-corrected chi connectivity index (χ4v) is 6.86. The molecule has 1 aromatic carbocycles. The molecule has 3 unspecified atom stereocenters. The van der Waals surface area contributed by atoms with E-state index in [9.17, 15) is 4.21 Å². The van der Waals surface area contributed by atoms with Crippen LogP contribution >= 0.6 is 11.8 Å². The van der Waals surface area contributed by atoms with Gasteiger partial charge in [-0.15, -0.1) is 0 Å². The van der Waals surface area contributed by atoms with Gasteiger partial charge in [-0.1, -0.05) is 25.5 Å². The van der Waals surface area contributed by atoms with Gasteiger partial charge in [-0.05, 0) is 80.3 Å². The van der Waals surface area contributed by atoms with E-state index >= 15 is 0 Å². The summed E-state index contributed by atoms with van der Waals surface area (Å²) in [5.74, 6) is 4.59. The monoisotopic (exact) mass is 365 g/mol. The van der Waals surface area contributed by atoms with Gasteiger partial charge in [-0.25, -0.2) is 0 Å². The Morgan fingerprint density at radius 1 is 1.29 bits per heavy atom. The predicted octanol–water partition coefficient (Wildman–Crippen LogP) is 4.62. The van der Waals surface area contributed by atoms with Gasteiger partial charge in [0.25, 0.3) is 0 Å². The highest BCUT2D eigenvalue weighted by molar-refractivity contribution is 7.99. The first kappa shape index (κ1) is 18.5. The van der Waals surface area contributed by atoms with Crippen molar-refractivity contribution >= 4 is 22.6 Å². The molecule has 0 aromatic heterocycles. The standard InChI is InChI=1S/C20H31NOS2/c1-4-5-18(21(2)3)12-17-14-24(22)20-7-6-16(13-19(17)20)15-8-10-23-11-9-15/h6-7,13,15,17-18H,4-5,8-12,14H2,1-3H3. The maximum atomic E-state index is 12.6. The topological polar surface area (TPSA) is 20.3 Å². The zero-order chi connectivity index (χ0) is 17.1. The highest BCUT2D eigenvalue weighted by Gasteiger charge is 2.31. The lowest BCUT2D eigenvalue weighted by Gasteiger charge is -2.27. The molecule has 134 valence electrons. The molecule has 0 spiro atoms. The number of fused-ring (bicyclic) bond motifs is 1. The summed E-state index contributed by atoms with van der Waals surface area (Å²) in [4.78, 5) is 3.47. The maximum absolute atomic E-state index is 12.6. The van der Waals surface area contributed by atoms with E-state index < -0.39 is 10.8 Å². The molecule has 3 atom stereocenters. The highest BCUT2D eigenvalue weighted by atomic mass is 32.2. The van der Waals surface area contributed by atoms with Crippen LogP contribution in [0.2, 0.25) is 0 Å². The molecular formula is C20H31NOS2. The first-order valence-corrected chi connectivity index (χ1v) is 11.8. The van der Waals surface area contributed by atoms with Crippen LogP contribution in [0.3, 0.4) is 0 Å². The quantitative estimate of drug-likeness (QED) is 0.733. The van der Waals surface area contributed by atoms with Crippen molar-refractivity contribution in [3.05, 3.63) is 29.3 Å². The Hall–Kier alpha value is -0.320. The molecule has 0 bridgehead atoms. The summed E-state index contributed by atoms with van der Waals surface area (Å²) < 4.78 is 12.6. The van der Waals surface area contributed by atoms with E-state index in [0.29, 0.717) is 17.9 Å². The van der Waals surface area contributed by atoms with Crippen LogP contribution in [0, 0.1) is 0 Å². The molecule has 2 aliphatic rings. The molecule has 24 heavy (non-hydrogen) atoms. The van der Waals surface area contributed by atoms with Crippen molar-refractivity contribution < 1.29 is 4.21 Å². The van der Waals surface area contributed by atoms with Crippen LogP contribution in [0.1, 0.15) is 62.0 Å². The zero-order valence-corrected chi connectivity index (χ0v) is 16.9. The second kappa shape index (κ2) is 8.37. The Balaban J connectivity index is 1.81. The van der Waals surface area contributed by atoms with Crippen molar-refractivity contribution in [3.63, 3.8) is 0 Å². The molecule has 2 aliphatic heterocycles. The van der Waals surface area contributed by atoms with E-state index in [4.69, 9.17) is 0 Å². The third-order valence-corrected chi connectivity index (χ3v) is 8.29. The van der Waals surface area contributed by atoms with Gasteiger partial charge >= 0.3 is 0 Å². The van der Waals surface area contributed by atoms with E-state index in [0.717, 1.165) is 17.1 Å². The summed E-state index contributed by atoms with van der Waals surface area (Å²) in [6, 6.07) is 7.45. The number of thioether (sulfide) groups is 1. The average Bonchev–Trinajstić information content (AvgIpc) is 2.90. The Kier molecular flexibility index (Phi) is 6.44. The van der Waals surface area contributed by atoms with E-state index in [2.05, 4.69) is 55.9 Å². The van der Waals surface area contributed by atoms with E-state index in [1.54, 1.807) is 0 Å². The molecule has 1 aromatic rings. The number of hydrogen-bond donors (Lipinski definition) is 0. The zero-order valence-electron chi connectivity index (χ0n) is 15.3. The summed E-state index contributed by atoms with van der Waals surface area (Å²) in [6.45, 7) is 2.26. The summed E-state index contributed by atoms with van der Waals surface area (Å²) in [5, 5.41) is 0. The van der Waals surface area contributed by atoms with Crippen molar-refractivity contribution in [1.29, 1.82) is 0 Å². The van der Waals surface area contributed by atoms with E-state index in [1.807, 2.05) is 0 Å². The van der Waals surface area contributed by atoms with Gasteiger partial charge in [0.2, 0.25) is 0 Å².